The molecule has 5 heteroatoms. The van der Waals surface area contributed by atoms with E-state index in [1.807, 2.05) is 59.2 Å². The monoisotopic (exact) mass is 323 g/mol. The molecule has 0 N–H and O–H groups in total. The third-order valence-corrected chi connectivity index (χ3v) is 4.51. The Bertz CT molecular complexity index is 782. The third-order valence-electron chi connectivity index (χ3n) is 3.57. The molecule has 116 valence electrons. The lowest BCUT2D eigenvalue weighted by atomic mass is 10.1. The number of aryl methyl sites for hydroxylation is 1. The van der Waals surface area contributed by atoms with Gasteiger partial charge in [0.25, 0.3) is 0 Å². The van der Waals surface area contributed by atoms with Crippen molar-refractivity contribution in [2.75, 3.05) is 5.75 Å². The number of rotatable bonds is 6. The minimum absolute atomic E-state index is 0.0975. The zero-order valence-electron chi connectivity index (χ0n) is 12.8. The Kier molecular flexibility index (Phi) is 4.88. The Balaban J connectivity index is 1.69. The lowest BCUT2D eigenvalue weighted by Crippen LogP contribution is -2.04. The molecule has 4 nitrogen and oxygen atoms in total. The van der Waals surface area contributed by atoms with Crippen LogP contribution >= 0.6 is 11.8 Å². The molecule has 23 heavy (non-hydrogen) atoms. The molecule has 0 bridgehead atoms. The SMILES string of the molecule is CCc1ccc(C(=O)CSc2nncn2-c2ccccc2)cc1. The van der Waals surface area contributed by atoms with Gasteiger partial charge >= 0.3 is 0 Å². The smallest absolute Gasteiger partial charge is 0.196 e. The molecule has 3 aromatic rings. The van der Waals surface area contributed by atoms with Gasteiger partial charge in [0.05, 0.1) is 5.75 Å². The highest BCUT2D eigenvalue weighted by Gasteiger charge is 2.11. The first kappa shape index (κ1) is 15.5. The van der Waals surface area contributed by atoms with Gasteiger partial charge in [-0.1, -0.05) is 61.2 Å². The molecule has 0 unspecified atom stereocenters. The normalized spacial score (nSPS) is 10.7. The Morgan fingerprint density at radius 2 is 1.83 bits per heavy atom. The van der Waals surface area contributed by atoms with Crippen LogP contribution < -0.4 is 0 Å². The molecule has 0 aliphatic carbocycles. The van der Waals surface area contributed by atoms with Crippen molar-refractivity contribution in [2.45, 2.75) is 18.5 Å². The minimum Gasteiger partial charge on any atom is -0.293 e. The van der Waals surface area contributed by atoms with Crippen molar-refractivity contribution in [1.82, 2.24) is 14.8 Å². The van der Waals surface area contributed by atoms with E-state index in [4.69, 9.17) is 0 Å². The number of hydrogen-bond donors (Lipinski definition) is 0. The maximum atomic E-state index is 12.3. The van der Waals surface area contributed by atoms with Gasteiger partial charge in [-0.25, -0.2) is 0 Å². The third kappa shape index (κ3) is 3.68. The average molecular weight is 323 g/mol. The van der Waals surface area contributed by atoms with E-state index in [9.17, 15) is 4.79 Å². The van der Waals surface area contributed by atoms with Gasteiger partial charge in [-0.2, -0.15) is 0 Å². The first-order valence-electron chi connectivity index (χ1n) is 7.48. The number of aromatic nitrogens is 3. The van der Waals surface area contributed by atoms with Crippen molar-refractivity contribution in [3.63, 3.8) is 0 Å². The van der Waals surface area contributed by atoms with E-state index in [-0.39, 0.29) is 5.78 Å². The maximum Gasteiger partial charge on any atom is 0.196 e. The van der Waals surface area contributed by atoms with Crippen LogP contribution in [0.2, 0.25) is 0 Å². The fourth-order valence-corrected chi connectivity index (χ4v) is 3.05. The predicted octanol–water partition coefficient (Wildman–Crippen LogP) is 3.80. The van der Waals surface area contributed by atoms with E-state index in [1.165, 1.54) is 17.3 Å². The molecular formula is C18H17N3OS. The van der Waals surface area contributed by atoms with Crippen LogP contribution in [-0.2, 0) is 6.42 Å². The van der Waals surface area contributed by atoms with E-state index >= 15 is 0 Å². The lowest BCUT2D eigenvalue weighted by Gasteiger charge is -2.06. The largest absolute Gasteiger partial charge is 0.293 e. The minimum atomic E-state index is 0.0975. The lowest BCUT2D eigenvalue weighted by molar-refractivity contribution is 0.102. The van der Waals surface area contributed by atoms with Gasteiger partial charge in [0.15, 0.2) is 10.9 Å². The number of Topliss-reactive ketones (excluding diaryl/α,β-unsaturated/α-hetero) is 1. The van der Waals surface area contributed by atoms with E-state index < -0.39 is 0 Å². The fraction of sp³-hybridized carbons (Fsp3) is 0.167. The number of hydrogen-bond acceptors (Lipinski definition) is 4. The van der Waals surface area contributed by atoms with E-state index in [2.05, 4.69) is 17.1 Å². The summed E-state index contributed by atoms with van der Waals surface area (Å²) in [6.07, 6.45) is 2.64. The van der Waals surface area contributed by atoms with E-state index in [0.29, 0.717) is 5.75 Å². The number of nitrogens with zero attached hydrogens (tertiary/aromatic N) is 3. The standard InChI is InChI=1S/C18H17N3OS/c1-2-14-8-10-15(11-9-14)17(22)12-23-18-20-19-13-21(18)16-6-4-3-5-7-16/h3-11,13H,2,12H2,1H3. The Morgan fingerprint density at radius 3 is 2.52 bits per heavy atom. The molecule has 2 aromatic carbocycles. The van der Waals surface area contributed by atoms with Crippen LogP contribution in [0.25, 0.3) is 5.69 Å². The molecule has 0 amide bonds. The molecule has 1 aromatic heterocycles. The quantitative estimate of drug-likeness (QED) is 0.511. The second kappa shape index (κ2) is 7.24. The van der Waals surface area contributed by atoms with Crippen molar-refractivity contribution in [1.29, 1.82) is 0 Å². The van der Waals surface area contributed by atoms with Crippen molar-refractivity contribution in [3.05, 3.63) is 72.1 Å². The van der Waals surface area contributed by atoms with Gasteiger partial charge in [-0.3, -0.25) is 9.36 Å². The molecule has 0 saturated carbocycles. The molecule has 0 aliphatic rings. The Morgan fingerprint density at radius 1 is 1.09 bits per heavy atom. The molecular weight excluding hydrogens is 306 g/mol. The molecule has 0 saturated heterocycles. The van der Waals surface area contributed by atoms with E-state index in [1.54, 1.807) is 6.33 Å². The van der Waals surface area contributed by atoms with Gasteiger partial charge < -0.3 is 0 Å². The Hall–Kier alpha value is -2.40. The molecule has 0 fully saturated rings. The summed E-state index contributed by atoms with van der Waals surface area (Å²) in [6, 6.07) is 17.7. The zero-order valence-corrected chi connectivity index (χ0v) is 13.7. The Labute approximate surface area is 139 Å². The van der Waals surface area contributed by atoms with Gasteiger partial charge in [0.1, 0.15) is 6.33 Å². The number of ketones is 1. The molecule has 0 radical (unpaired) electrons. The summed E-state index contributed by atoms with van der Waals surface area (Å²) < 4.78 is 1.89. The first-order valence-corrected chi connectivity index (χ1v) is 8.47. The van der Waals surface area contributed by atoms with Crippen LogP contribution in [0, 0.1) is 0 Å². The van der Waals surface area contributed by atoms with Gasteiger partial charge in [-0.15, -0.1) is 10.2 Å². The molecule has 0 atom stereocenters. The van der Waals surface area contributed by atoms with Gasteiger partial charge in [0.2, 0.25) is 0 Å². The summed E-state index contributed by atoms with van der Waals surface area (Å²) >= 11 is 1.40. The van der Waals surface area contributed by atoms with Crippen molar-refractivity contribution in [3.8, 4) is 5.69 Å². The zero-order chi connectivity index (χ0) is 16.1. The highest BCUT2D eigenvalue weighted by atomic mass is 32.2. The first-order chi connectivity index (χ1) is 11.3. The average Bonchev–Trinajstić information content (AvgIpc) is 3.09. The second-order valence-electron chi connectivity index (χ2n) is 5.08. The number of thioether (sulfide) groups is 1. The molecule has 3 rings (SSSR count). The summed E-state index contributed by atoms with van der Waals surface area (Å²) in [5, 5.41) is 8.78. The van der Waals surface area contributed by atoms with Crippen LogP contribution in [0.15, 0.2) is 66.1 Å². The number of carbonyl (C=O) groups excluding carboxylic acids is 1. The summed E-state index contributed by atoms with van der Waals surface area (Å²) in [6.45, 7) is 2.10. The van der Waals surface area contributed by atoms with Crippen molar-refractivity contribution >= 4 is 17.5 Å². The molecule has 0 aliphatic heterocycles. The number of carbonyl (C=O) groups is 1. The summed E-state index contributed by atoms with van der Waals surface area (Å²) in [4.78, 5) is 12.3. The van der Waals surface area contributed by atoms with Crippen molar-refractivity contribution in [2.24, 2.45) is 0 Å². The van der Waals surface area contributed by atoms with Crippen molar-refractivity contribution < 1.29 is 4.79 Å². The fourth-order valence-electron chi connectivity index (χ4n) is 2.23. The van der Waals surface area contributed by atoms with Crippen LogP contribution in [0.3, 0.4) is 0 Å². The highest BCUT2D eigenvalue weighted by Crippen LogP contribution is 2.20. The predicted molar refractivity (Wildman–Crippen MR) is 92.2 cm³/mol. The van der Waals surface area contributed by atoms with Gasteiger partial charge in [-0.05, 0) is 24.1 Å². The van der Waals surface area contributed by atoms with Crippen LogP contribution in [0.4, 0.5) is 0 Å². The van der Waals surface area contributed by atoms with Gasteiger partial charge in [0, 0.05) is 11.3 Å². The molecule has 0 spiro atoms. The topological polar surface area (TPSA) is 47.8 Å². The van der Waals surface area contributed by atoms with E-state index in [0.717, 1.165) is 22.8 Å². The maximum absolute atomic E-state index is 12.3. The summed E-state index contributed by atoms with van der Waals surface area (Å²) in [5.41, 5.74) is 2.96. The molecule has 1 heterocycles. The van der Waals surface area contributed by atoms with Crippen LogP contribution in [-0.4, -0.2) is 26.3 Å². The van der Waals surface area contributed by atoms with Crippen LogP contribution in [0.5, 0.6) is 0 Å². The second-order valence-corrected chi connectivity index (χ2v) is 6.02. The number of benzene rings is 2. The highest BCUT2D eigenvalue weighted by molar-refractivity contribution is 7.99. The summed E-state index contributed by atoms with van der Waals surface area (Å²) in [5.74, 6) is 0.442. The number of para-hydroxylation sites is 1. The summed E-state index contributed by atoms with van der Waals surface area (Å²) in [7, 11) is 0. The van der Waals surface area contributed by atoms with Crippen LogP contribution in [0.1, 0.15) is 22.8 Å².